The molecule has 0 spiro atoms. The van der Waals surface area contributed by atoms with Crippen LogP contribution in [-0.4, -0.2) is 47.0 Å². The molecule has 1 aliphatic heterocycles. The Balaban J connectivity index is 1.32. The molecule has 1 N–H and O–H groups in total. The number of carbonyl (C=O) groups excluding carboxylic acids is 1. The number of anilines is 1. The van der Waals surface area contributed by atoms with E-state index in [9.17, 15) is 4.79 Å². The van der Waals surface area contributed by atoms with Crippen molar-refractivity contribution in [2.75, 3.05) is 31.1 Å². The third-order valence-corrected chi connectivity index (χ3v) is 5.56. The quantitative estimate of drug-likeness (QED) is 0.773. The summed E-state index contributed by atoms with van der Waals surface area (Å²) in [5, 5.41) is 0. The Morgan fingerprint density at radius 1 is 1.04 bits per heavy atom. The van der Waals surface area contributed by atoms with Crippen molar-refractivity contribution >= 4 is 22.6 Å². The van der Waals surface area contributed by atoms with Gasteiger partial charge in [-0.1, -0.05) is 24.3 Å². The first kappa shape index (κ1) is 17.6. The molecule has 1 aliphatic rings. The van der Waals surface area contributed by atoms with Crippen molar-refractivity contribution in [2.24, 2.45) is 0 Å². The van der Waals surface area contributed by atoms with Crippen LogP contribution in [-0.2, 0) is 11.2 Å². The van der Waals surface area contributed by atoms with Crippen LogP contribution in [0.5, 0.6) is 0 Å². The zero-order valence-electron chi connectivity index (χ0n) is 16.0. The molecule has 1 saturated heterocycles. The minimum absolute atomic E-state index is 0.219. The van der Waals surface area contributed by atoms with Gasteiger partial charge in [0.05, 0.1) is 11.0 Å². The molecule has 0 saturated carbocycles. The second-order valence-electron chi connectivity index (χ2n) is 7.29. The van der Waals surface area contributed by atoms with E-state index < -0.39 is 0 Å². The highest BCUT2D eigenvalue weighted by molar-refractivity contribution is 5.77. The lowest BCUT2D eigenvalue weighted by Crippen LogP contribution is -2.49. The molecule has 0 unspecified atom stereocenters. The standard InChI is InChI=1S/C22H26N4O/c1-16-6-5-9-20(17(16)2)25-12-14-26(15-13-25)22(27)11-10-21-23-18-7-3-4-8-19(18)24-21/h3-9H,10-15H2,1-2H3,(H,23,24). The van der Waals surface area contributed by atoms with E-state index in [2.05, 4.69) is 46.9 Å². The predicted molar refractivity (Wildman–Crippen MR) is 109 cm³/mol. The lowest BCUT2D eigenvalue weighted by atomic mass is 10.1. The summed E-state index contributed by atoms with van der Waals surface area (Å²) >= 11 is 0. The van der Waals surface area contributed by atoms with E-state index in [0.717, 1.165) is 43.0 Å². The third-order valence-electron chi connectivity index (χ3n) is 5.56. The van der Waals surface area contributed by atoms with Gasteiger partial charge in [0, 0.05) is 44.7 Å². The summed E-state index contributed by atoms with van der Waals surface area (Å²) in [6.45, 7) is 7.67. The molecule has 5 heteroatoms. The SMILES string of the molecule is Cc1cccc(N2CCN(C(=O)CCc3nc4ccccc4[nH]3)CC2)c1C. The number of nitrogens with one attached hydrogen (secondary N) is 1. The van der Waals surface area contributed by atoms with Gasteiger partial charge >= 0.3 is 0 Å². The van der Waals surface area contributed by atoms with Crippen LogP contribution in [0.15, 0.2) is 42.5 Å². The van der Waals surface area contributed by atoms with Gasteiger partial charge in [-0.3, -0.25) is 4.79 Å². The Bertz CT molecular complexity index is 921. The van der Waals surface area contributed by atoms with Crippen molar-refractivity contribution < 1.29 is 4.79 Å². The predicted octanol–water partition coefficient (Wildman–Crippen LogP) is 3.46. The van der Waals surface area contributed by atoms with Gasteiger partial charge < -0.3 is 14.8 Å². The molecule has 1 fully saturated rings. The fourth-order valence-corrected chi connectivity index (χ4v) is 3.78. The first-order chi connectivity index (χ1) is 13.1. The molecule has 0 atom stereocenters. The molecule has 0 radical (unpaired) electrons. The van der Waals surface area contributed by atoms with Crippen LogP contribution in [0.4, 0.5) is 5.69 Å². The largest absolute Gasteiger partial charge is 0.368 e. The van der Waals surface area contributed by atoms with Crippen LogP contribution < -0.4 is 4.90 Å². The van der Waals surface area contributed by atoms with Gasteiger partial charge in [-0.15, -0.1) is 0 Å². The Labute approximate surface area is 160 Å². The smallest absolute Gasteiger partial charge is 0.223 e. The summed E-state index contributed by atoms with van der Waals surface area (Å²) in [6.07, 6.45) is 1.16. The molecular formula is C22H26N4O. The maximum atomic E-state index is 12.6. The molecule has 140 valence electrons. The molecule has 27 heavy (non-hydrogen) atoms. The Hall–Kier alpha value is -2.82. The van der Waals surface area contributed by atoms with E-state index in [1.807, 2.05) is 29.2 Å². The van der Waals surface area contributed by atoms with Gasteiger partial charge in [0.1, 0.15) is 5.82 Å². The van der Waals surface area contributed by atoms with E-state index in [0.29, 0.717) is 12.8 Å². The van der Waals surface area contributed by atoms with Crippen LogP contribution >= 0.6 is 0 Å². The maximum Gasteiger partial charge on any atom is 0.223 e. The fraction of sp³-hybridized carbons (Fsp3) is 0.364. The van der Waals surface area contributed by atoms with Crippen LogP contribution in [0.25, 0.3) is 11.0 Å². The average Bonchev–Trinajstić information content (AvgIpc) is 3.11. The van der Waals surface area contributed by atoms with Crippen LogP contribution in [0, 0.1) is 13.8 Å². The molecule has 2 heterocycles. The van der Waals surface area contributed by atoms with E-state index in [4.69, 9.17) is 0 Å². The monoisotopic (exact) mass is 362 g/mol. The molecule has 0 aliphatic carbocycles. The summed E-state index contributed by atoms with van der Waals surface area (Å²) in [7, 11) is 0. The lowest BCUT2D eigenvalue weighted by Gasteiger charge is -2.37. The maximum absolute atomic E-state index is 12.6. The number of hydrogen-bond donors (Lipinski definition) is 1. The van der Waals surface area contributed by atoms with Gasteiger partial charge in [0.2, 0.25) is 5.91 Å². The van der Waals surface area contributed by atoms with Gasteiger partial charge in [-0.05, 0) is 43.2 Å². The number of para-hydroxylation sites is 2. The normalized spacial score (nSPS) is 14.7. The van der Waals surface area contributed by atoms with Crippen molar-refractivity contribution in [2.45, 2.75) is 26.7 Å². The number of carbonyl (C=O) groups is 1. The topological polar surface area (TPSA) is 52.2 Å². The first-order valence-electron chi connectivity index (χ1n) is 9.64. The van der Waals surface area contributed by atoms with Crippen LogP contribution in [0.1, 0.15) is 23.4 Å². The van der Waals surface area contributed by atoms with Crippen molar-refractivity contribution in [3.63, 3.8) is 0 Å². The number of hydrogen-bond acceptors (Lipinski definition) is 3. The number of aromatic nitrogens is 2. The van der Waals surface area contributed by atoms with Crippen molar-refractivity contribution in [1.82, 2.24) is 14.9 Å². The zero-order valence-corrected chi connectivity index (χ0v) is 16.0. The molecule has 2 aromatic carbocycles. The number of fused-ring (bicyclic) bond motifs is 1. The molecule has 1 amide bonds. The van der Waals surface area contributed by atoms with E-state index >= 15 is 0 Å². The summed E-state index contributed by atoms with van der Waals surface area (Å²) in [4.78, 5) is 24.9. The number of benzene rings is 2. The highest BCUT2D eigenvalue weighted by Crippen LogP contribution is 2.24. The minimum Gasteiger partial charge on any atom is -0.368 e. The number of amides is 1. The number of aromatic amines is 1. The summed E-state index contributed by atoms with van der Waals surface area (Å²) in [6, 6.07) is 14.4. The highest BCUT2D eigenvalue weighted by atomic mass is 16.2. The van der Waals surface area contributed by atoms with Crippen molar-refractivity contribution in [3.8, 4) is 0 Å². The number of H-pyrrole nitrogens is 1. The van der Waals surface area contributed by atoms with Crippen LogP contribution in [0.2, 0.25) is 0 Å². The number of piperazine rings is 1. The van der Waals surface area contributed by atoms with Gasteiger partial charge in [0.15, 0.2) is 0 Å². The Morgan fingerprint density at radius 2 is 1.81 bits per heavy atom. The average molecular weight is 362 g/mol. The first-order valence-corrected chi connectivity index (χ1v) is 9.64. The van der Waals surface area contributed by atoms with Crippen molar-refractivity contribution in [1.29, 1.82) is 0 Å². The third kappa shape index (κ3) is 3.68. The second kappa shape index (κ2) is 7.43. The van der Waals surface area contributed by atoms with E-state index in [-0.39, 0.29) is 5.91 Å². The molecular weight excluding hydrogens is 336 g/mol. The highest BCUT2D eigenvalue weighted by Gasteiger charge is 2.22. The van der Waals surface area contributed by atoms with E-state index in [1.54, 1.807) is 0 Å². The summed E-state index contributed by atoms with van der Waals surface area (Å²) in [5.41, 5.74) is 5.94. The van der Waals surface area contributed by atoms with E-state index in [1.165, 1.54) is 16.8 Å². The lowest BCUT2D eigenvalue weighted by molar-refractivity contribution is -0.131. The molecule has 1 aromatic heterocycles. The molecule has 5 nitrogen and oxygen atoms in total. The van der Waals surface area contributed by atoms with Gasteiger partial charge in [0.25, 0.3) is 0 Å². The number of rotatable bonds is 4. The molecule has 3 aromatic rings. The summed E-state index contributed by atoms with van der Waals surface area (Å²) < 4.78 is 0. The fourth-order valence-electron chi connectivity index (χ4n) is 3.78. The molecule has 0 bridgehead atoms. The van der Waals surface area contributed by atoms with Gasteiger partial charge in [-0.25, -0.2) is 4.98 Å². The Morgan fingerprint density at radius 3 is 2.59 bits per heavy atom. The zero-order chi connectivity index (χ0) is 18.8. The number of aryl methyl sites for hydroxylation is 2. The van der Waals surface area contributed by atoms with Crippen LogP contribution in [0.3, 0.4) is 0 Å². The summed E-state index contributed by atoms with van der Waals surface area (Å²) in [5.74, 6) is 1.11. The van der Waals surface area contributed by atoms with Gasteiger partial charge in [-0.2, -0.15) is 0 Å². The van der Waals surface area contributed by atoms with Crippen molar-refractivity contribution in [3.05, 3.63) is 59.4 Å². The number of imidazole rings is 1. The minimum atomic E-state index is 0.219. The molecule has 4 rings (SSSR count). The Kier molecular flexibility index (Phi) is 4.84. The number of nitrogens with zero attached hydrogens (tertiary/aromatic N) is 3. The second-order valence-corrected chi connectivity index (χ2v) is 7.29.